The Bertz CT molecular complexity index is 673. The number of halogens is 2. The molecule has 2 aromatic rings. The lowest BCUT2D eigenvalue weighted by Gasteiger charge is -2.23. The highest BCUT2D eigenvalue weighted by atomic mass is 19.2. The molecule has 1 N–H and O–H groups in total. The van der Waals surface area contributed by atoms with Crippen LogP contribution in [-0.2, 0) is 17.9 Å². The Hall–Kier alpha value is -2.21. The number of nitrogens with zero attached hydrogens (tertiary/aromatic N) is 1. The van der Waals surface area contributed by atoms with Crippen LogP contribution in [0.3, 0.4) is 0 Å². The van der Waals surface area contributed by atoms with Gasteiger partial charge in [0.25, 0.3) is 0 Å². The second-order valence-electron chi connectivity index (χ2n) is 5.64. The molecule has 1 aliphatic rings. The van der Waals surface area contributed by atoms with Crippen LogP contribution < -0.4 is 5.32 Å². The number of amides is 1. The molecule has 0 bridgehead atoms. The van der Waals surface area contributed by atoms with Gasteiger partial charge in [0.2, 0.25) is 5.91 Å². The van der Waals surface area contributed by atoms with Crippen LogP contribution in [0.2, 0.25) is 0 Å². The molecule has 1 aliphatic heterocycles. The van der Waals surface area contributed by atoms with Gasteiger partial charge in [-0.25, -0.2) is 8.78 Å². The molecule has 1 unspecified atom stereocenters. The third-order valence-corrected chi connectivity index (χ3v) is 4.09. The Morgan fingerprint density at radius 1 is 1.30 bits per heavy atom. The molecule has 1 saturated heterocycles. The maximum absolute atomic E-state index is 13.8. The van der Waals surface area contributed by atoms with E-state index in [0.717, 1.165) is 12.5 Å². The summed E-state index contributed by atoms with van der Waals surface area (Å²) in [6.45, 7) is 1.24. The summed E-state index contributed by atoms with van der Waals surface area (Å²) in [6.07, 6.45) is 3.12. The lowest BCUT2D eigenvalue weighted by molar-refractivity contribution is -0.125. The fourth-order valence-electron chi connectivity index (χ4n) is 2.91. The van der Waals surface area contributed by atoms with Gasteiger partial charge in [-0.3, -0.25) is 9.69 Å². The molecule has 122 valence electrons. The summed E-state index contributed by atoms with van der Waals surface area (Å²) in [7, 11) is 0. The van der Waals surface area contributed by atoms with Crippen molar-refractivity contribution in [2.45, 2.75) is 32.0 Å². The standard InChI is InChI=1S/C17H18F2N2O2/c18-14-6-1-4-12(16(14)19)11-21-8-2-7-15(21)17(22)20-10-13-5-3-9-23-13/h1,3-6,9,15H,2,7-8,10-11H2,(H,20,22). The summed E-state index contributed by atoms with van der Waals surface area (Å²) < 4.78 is 32.3. The Kier molecular flexibility index (Phi) is 4.71. The molecular weight excluding hydrogens is 302 g/mol. The summed E-state index contributed by atoms with van der Waals surface area (Å²) >= 11 is 0. The van der Waals surface area contributed by atoms with Gasteiger partial charge in [0.05, 0.1) is 18.8 Å². The zero-order chi connectivity index (χ0) is 16.2. The third-order valence-electron chi connectivity index (χ3n) is 4.09. The Labute approximate surface area is 133 Å². The number of carbonyl (C=O) groups excluding carboxylic acids is 1. The Morgan fingerprint density at radius 3 is 2.96 bits per heavy atom. The van der Waals surface area contributed by atoms with Crippen molar-refractivity contribution in [2.24, 2.45) is 0 Å². The van der Waals surface area contributed by atoms with Crippen molar-refractivity contribution in [1.29, 1.82) is 0 Å². The zero-order valence-corrected chi connectivity index (χ0v) is 12.6. The van der Waals surface area contributed by atoms with Crippen LogP contribution in [0.25, 0.3) is 0 Å². The fourth-order valence-corrected chi connectivity index (χ4v) is 2.91. The molecule has 0 radical (unpaired) electrons. The molecule has 1 aromatic heterocycles. The van der Waals surface area contributed by atoms with Crippen LogP contribution in [0.15, 0.2) is 41.0 Å². The number of rotatable bonds is 5. The number of hydrogen-bond donors (Lipinski definition) is 1. The van der Waals surface area contributed by atoms with Crippen LogP contribution in [0, 0.1) is 11.6 Å². The van der Waals surface area contributed by atoms with Crippen LogP contribution in [0.4, 0.5) is 8.78 Å². The van der Waals surface area contributed by atoms with Gasteiger partial charge in [-0.15, -0.1) is 0 Å². The minimum atomic E-state index is -0.861. The van der Waals surface area contributed by atoms with Crippen molar-refractivity contribution >= 4 is 5.91 Å². The molecular formula is C17H18F2N2O2. The van der Waals surface area contributed by atoms with Crippen molar-refractivity contribution in [3.05, 3.63) is 59.6 Å². The first-order valence-electron chi connectivity index (χ1n) is 7.62. The first-order chi connectivity index (χ1) is 11.1. The highest BCUT2D eigenvalue weighted by Gasteiger charge is 2.31. The molecule has 0 aliphatic carbocycles. The third kappa shape index (κ3) is 3.59. The van der Waals surface area contributed by atoms with Gasteiger partial charge in [-0.05, 0) is 37.6 Å². The van der Waals surface area contributed by atoms with E-state index in [1.807, 2.05) is 4.90 Å². The highest BCUT2D eigenvalue weighted by molar-refractivity contribution is 5.81. The van der Waals surface area contributed by atoms with Crippen molar-refractivity contribution in [3.63, 3.8) is 0 Å². The van der Waals surface area contributed by atoms with E-state index in [1.54, 1.807) is 24.5 Å². The average Bonchev–Trinajstić information content (AvgIpc) is 3.21. The smallest absolute Gasteiger partial charge is 0.237 e. The first-order valence-corrected chi connectivity index (χ1v) is 7.62. The van der Waals surface area contributed by atoms with Gasteiger partial charge < -0.3 is 9.73 Å². The van der Waals surface area contributed by atoms with E-state index in [0.29, 0.717) is 25.3 Å². The van der Waals surface area contributed by atoms with Crippen molar-refractivity contribution in [3.8, 4) is 0 Å². The highest BCUT2D eigenvalue weighted by Crippen LogP contribution is 2.22. The largest absolute Gasteiger partial charge is 0.467 e. The van der Waals surface area contributed by atoms with Crippen molar-refractivity contribution in [1.82, 2.24) is 10.2 Å². The van der Waals surface area contributed by atoms with E-state index in [9.17, 15) is 13.6 Å². The zero-order valence-electron chi connectivity index (χ0n) is 12.6. The molecule has 1 aromatic carbocycles. The van der Waals surface area contributed by atoms with Crippen molar-refractivity contribution in [2.75, 3.05) is 6.54 Å². The summed E-state index contributed by atoms with van der Waals surface area (Å²) in [5.41, 5.74) is 0.274. The van der Waals surface area contributed by atoms with Gasteiger partial charge in [0, 0.05) is 12.1 Å². The van der Waals surface area contributed by atoms with Crippen LogP contribution in [-0.4, -0.2) is 23.4 Å². The second kappa shape index (κ2) is 6.91. The Morgan fingerprint density at radius 2 is 2.17 bits per heavy atom. The first kappa shape index (κ1) is 15.7. The van der Waals surface area contributed by atoms with Crippen LogP contribution in [0.1, 0.15) is 24.2 Å². The van der Waals surface area contributed by atoms with Crippen LogP contribution >= 0.6 is 0 Å². The molecule has 0 saturated carbocycles. The van der Waals surface area contributed by atoms with Gasteiger partial charge in [0.1, 0.15) is 5.76 Å². The second-order valence-corrected chi connectivity index (χ2v) is 5.64. The number of carbonyl (C=O) groups is 1. The van der Waals surface area contributed by atoms with Gasteiger partial charge in [0.15, 0.2) is 11.6 Å². The average molecular weight is 320 g/mol. The quantitative estimate of drug-likeness (QED) is 0.921. The normalized spacial score (nSPS) is 18.3. The topological polar surface area (TPSA) is 45.5 Å². The van der Waals surface area contributed by atoms with Crippen LogP contribution in [0.5, 0.6) is 0 Å². The van der Waals surface area contributed by atoms with E-state index >= 15 is 0 Å². The summed E-state index contributed by atoms with van der Waals surface area (Å²) in [5.74, 6) is -1.13. The lowest BCUT2D eigenvalue weighted by atomic mass is 10.1. The molecule has 6 heteroatoms. The van der Waals surface area contributed by atoms with Gasteiger partial charge in [-0.2, -0.15) is 0 Å². The number of hydrogen-bond acceptors (Lipinski definition) is 3. The minimum absolute atomic E-state index is 0.115. The minimum Gasteiger partial charge on any atom is -0.467 e. The van der Waals surface area contributed by atoms with Gasteiger partial charge in [-0.1, -0.05) is 12.1 Å². The summed E-state index contributed by atoms with van der Waals surface area (Å²) in [6, 6.07) is 7.35. The predicted molar refractivity (Wildman–Crippen MR) is 80.3 cm³/mol. The number of benzene rings is 1. The van der Waals surface area contributed by atoms with Crippen molar-refractivity contribution < 1.29 is 18.0 Å². The van der Waals surface area contributed by atoms with E-state index in [2.05, 4.69) is 5.32 Å². The summed E-state index contributed by atoms with van der Waals surface area (Å²) in [4.78, 5) is 14.2. The molecule has 1 fully saturated rings. The molecule has 1 atom stereocenters. The van der Waals surface area contributed by atoms with E-state index < -0.39 is 11.6 Å². The maximum atomic E-state index is 13.8. The molecule has 3 rings (SSSR count). The van der Waals surface area contributed by atoms with E-state index in [4.69, 9.17) is 4.42 Å². The monoisotopic (exact) mass is 320 g/mol. The number of nitrogens with one attached hydrogen (secondary N) is 1. The number of likely N-dealkylation sites (tertiary alicyclic amines) is 1. The van der Waals surface area contributed by atoms with E-state index in [-0.39, 0.29) is 24.1 Å². The lowest BCUT2D eigenvalue weighted by Crippen LogP contribution is -2.42. The predicted octanol–water partition coefficient (Wildman–Crippen LogP) is 2.84. The molecule has 1 amide bonds. The fraction of sp³-hybridized carbons (Fsp3) is 0.353. The summed E-state index contributed by atoms with van der Waals surface area (Å²) in [5, 5.41) is 2.83. The number of furan rings is 1. The Balaban J connectivity index is 1.63. The SMILES string of the molecule is O=C(NCc1ccco1)C1CCCN1Cc1cccc(F)c1F. The maximum Gasteiger partial charge on any atom is 0.237 e. The molecule has 23 heavy (non-hydrogen) atoms. The molecule has 4 nitrogen and oxygen atoms in total. The van der Waals surface area contributed by atoms with Gasteiger partial charge >= 0.3 is 0 Å². The molecule has 0 spiro atoms. The van der Waals surface area contributed by atoms with E-state index in [1.165, 1.54) is 6.07 Å². The molecule has 2 heterocycles.